The number of nitrogens with one attached hydrogen (secondary N) is 1. The van der Waals surface area contributed by atoms with E-state index >= 15 is 0 Å². The second-order valence-electron chi connectivity index (χ2n) is 8.09. The van der Waals surface area contributed by atoms with Gasteiger partial charge in [-0.05, 0) is 61.6 Å². The highest BCUT2D eigenvalue weighted by Crippen LogP contribution is 2.39. The van der Waals surface area contributed by atoms with Crippen LogP contribution in [0.2, 0.25) is 0 Å². The van der Waals surface area contributed by atoms with Crippen molar-refractivity contribution in [3.05, 3.63) is 47.3 Å². The maximum atomic E-state index is 13.0. The summed E-state index contributed by atoms with van der Waals surface area (Å²) in [4.78, 5) is 28.7. The number of benzene rings is 1. The molecule has 2 aliphatic rings. The Labute approximate surface area is 170 Å². The summed E-state index contributed by atoms with van der Waals surface area (Å²) in [5.74, 6) is 0.679. The highest BCUT2D eigenvalue weighted by atomic mass is 32.1. The largest absolute Gasteiger partial charge is 0.356 e. The molecule has 2 fully saturated rings. The number of thiophene rings is 1. The molecule has 4 rings (SSSR count). The minimum absolute atomic E-state index is 0.134. The van der Waals surface area contributed by atoms with E-state index in [-0.39, 0.29) is 11.8 Å². The van der Waals surface area contributed by atoms with Crippen LogP contribution < -0.4 is 5.32 Å². The highest BCUT2D eigenvalue weighted by Gasteiger charge is 2.44. The van der Waals surface area contributed by atoms with Gasteiger partial charge >= 0.3 is 0 Å². The van der Waals surface area contributed by atoms with Crippen molar-refractivity contribution in [3.8, 4) is 10.4 Å². The Morgan fingerprint density at radius 3 is 2.61 bits per heavy atom. The van der Waals surface area contributed by atoms with Gasteiger partial charge in [0.15, 0.2) is 0 Å². The quantitative estimate of drug-likeness (QED) is 0.799. The van der Waals surface area contributed by atoms with Crippen molar-refractivity contribution in [2.45, 2.75) is 39.0 Å². The van der Waals surface area contributed by atoms with Crippen LogP contribution in [0, 0.1) is 11.3 Å². The zero-order chi connectivity index (χ0) is 19.6. The Morgan fingerprint density at radius 1 is 1.18 bits per heavy atom. The van der Waals surface area contributed by atoms with Gasteiger partial charge in [0.25, 0.3) is 0 Å². The van der Waals surface area contributed by atoms with Gasteiger partial charge in [0.1, 0.15) is 0 Å². The first-order valence-corrected chi connectivity index (χ1v) is 11.2. The fraction of sp³-hybridized carbons (Fsp3) is 0.478. The van der Waals surface area contributed by atoms with E-state index in [0.717, 1.165) is 32.1 Å². The third-order valence-electron chi connectivity index (χ3n) is 6.05. The number of hydrogen-bond acceptors (Lipinski definition) is 3. The maximum Gasteiger partial charge on any atom is 0.226 e. The summed E-state index contributed by atoms with van der Waals surface area (Å²) in [6.07, 6.45) is 4.27. The average molecular weight is 397 g/mol. The lowest BCUT2D eigenvalue weighted by molar-refractivity contribution is -0.141. The van der Waals surface area contributed by atoms with Crippen molar-refractivity contribution in [1.29, 1.82) is 0 Å². The predicted octanol–water partition coefficient (Wildman–Crippen LogP) is 4.11. The van der Waals surface area contributed by atoms with Gasteiger partial charge in [0.05, 0.1) is 5.41 Å². The van der Waals surface area contributed by atoms with E-state index in [2.05, 4.69) is 47.1 Å². The van der Waals surface area contributed by atoms with Crippen LogP contribution in [0.4, 0.5) is 0 Å². The monoisotopic (exact) mass is 396 g/mol. The summed E-state index contributed by atoms with van der Waals surface area (Å²) in [5.41, 5.74) is 1.98. The molecular weight excluding hydrogens is 368 g/mol. The van der Waals surface area contributed by atoms with Crippen molar-refractivity contribution < 1.29 is 9.59 Å². The lowest BCUT2D eigenvalue weighted by Gasteiger charge is -2.41. The number of carbonyl (C=O) groups excluding carboxylic acids is 2. The molecule has 28 heavy (non-hydrogen) atoms. The summed E-state index contributed by atoms with van der Waals surface area (Å²) in [7, 11) is 0. The number of hydrogen-bond donors (Lipinski definition) is 1. The van der Waals surface area contributed by atoms with E-state index in [1.54, 1.807) is 11.3 Å². The van der Waals surface area contributed by atoms with Crippen molar-refractivity contribution in [2.75, 3.05) is 19.6 Å². The normalized spacial score (nSPS) is 18.7. The Bertz CT molecular complexity index is 834. The number of likely N-dealkylation sites (tertiary alicyclic amines) is 1. The summed E-state index contributed by atoms with van der Waals surface area (Å²) in [6, 6.07) is 12.8. The second kappa shape index (κ2) is 8.08. The zero-order valence-corrected chi connectivity index (χ0v) is 17.3. The maximum absolute atomic E-state index is 13.0. The van der Waals surface area contributed by atoms with Crippen molar-refractivity contribution >= 4 is 23.2 Å². The van der Waals surface area contributed by atoms with Crippen LogP contribution >= 0.6 is 11.3 Å². The average Bonchev–Trinajstić information content (AvgIpc) is 3.42. The lowest BCUT2D eigenvalue weighted by Crippen LogP contribution is -2.51. The van der Waals surface area contributed by atoms with Gasteiger partial charge in [-0.2, -0.15) is 0 Å². The molecule has 0 unspecified atom stereocenters. The van der Waals surface area contributed by atoms with Gasteiger partial charge in [0, 0.05) is 30.4 Å². The third-order valence-corrected chi connectivity index (χ3v) is 6.97. The zero-order valence-electron chi connectivity index (χ0n) is 16.4. The van der Waals surface area contributed by atoms with Crippen molar-refractivity contribution in [2.24, 2.45) is 11.3 Å². The number of nitrogens with zero attached hydrogens (tertiary/aromatic N) is 1. The lowest BCUT2D eigenvalue weighted by atomic mass is 9.72. The fourth-order valence-electron chi connectivity index (χ4n) is 4.24. The molecule has 0 bridgehead atoms. The number of carbonyl (C=O) groups is 2. The van der Waals surface area contributed by atoms with Crippen LogP contribution in [0.1, 0.15) is 38.2 Å². The van der Waals surface area contributed by atoms with E-state index in [0.29, 0.717) is 25.5 Å². The van der Waals surface area contributed by atoms with Crippen molar-refractivity contribution in [3.63, 3.8) is 0 Å². The molecule has 1 saturated heterocycles. The van der Waals surface area contributed by atoms with Crippen LogP contribution in [0.5, 0.6) is 0 Å². The number of rotatable bonds is 6. The van der Waals surface area contributed by atoms with Gasteiger partial charge in [0.2, 0.25) is 11.8 Å². The Morgan fingerprint density at radius 2 is 1.96 bits per heavy atom. The first-order valence-electron chi connectivity index (χ1n) is 10.3. The van der Waals surface area contributed by atoms with E-state index in [4.69, 9.17) is 0 Å². The molecule has 1 aromatic heterocycles. The van der Waals surface area contributed by atoms with E-state index in [1.807, 2.05) is 11.8 Å². The second-order valence-corrected chi connectivity index (χ2v) is 9.04. The fourth-order valence-corrected chi connectivity index (χ4v) is 4.97. The molecule has 1 aliphatic heterocycles. The minimum Gasteiger partial charge on any atom is -0.356 e. The van der Waals surface area contributed by atoms with Gasteiger partial charge in [-0.25, -0.2) is 0 Å². The minimum atomic E-state index is -0.426. The molecule has 5 heteroatoms. The van der Waals surface area contributed by atoms with Crippen LogP contribution in [-0.4, -0.2) is 36.3 Å². The van der Waals surface area contributed by atoms with Crippen molar-refractivity contribution in [1.82, 2.24) is 10.2 Å². The molecule has 1 aromatic carbocycles. The molecule has 2 amide bonds. The van der Waals surface area contributed by atoms with Crippen LogP contribution in [0.3, 0.4) is 0 Å². The molecule has 0 atom stereocenters. The third kappa shape index (κ3) is 4.00. The Hall–Kier alpha value is -2.14. The van der Waals surface area contributed by atoms with Crippen LogP contribution in [0.15, 0.2) is 41.8 Å². The first kappa shape index (κ1) is 19.2. The first-order chi connectivity index (χ1) is 13.6. The Kier molecular flexibility index (Phi) is 5.54. The molecule has 1 aliphatic carbocycles. The smallest absolute Gasteiger partial charge is 0.226 e. The number of amides is 2. The van der Waals surface area contributed by atoms with Gasteiger partial charge in [-0.1, -0.05) is 30.3 Å². The van der Waals surface area contributed by atoms with Gasteiger partial charge in [-0.15, -0.1) is 11.3 Å². The molecule has 0 spiro atoms. The molecule has 1 saturated carbocycles. The van der Waals surface area contributed by atoms with E-state index in [1.165, 1.54) is 16.0 Å². The highest BCUT2D eigenvalue weighted by molar-refractivity contribution is 7.13. The Balaban J connectivity index is 1.53. The van der Waals surface area contributed by atoms with Gasteiger partial charge in [-0.3, -0.25) is 9.59 Å². The molecule has 0 radical (unpaired) electrons. The molecule has 4 nitrogen and oxygen atoms in total. The van der Waals surface area contributed by atoms with Crippen LogP contribution in [0.25, 0.3) is 10.4 Å². The summed E-state index contributed by atoms with van der Waals surface area (Å²) >= 11 is 1.73. The number of piperidine rings is 1. The van der Waals surface area contributed by atoms with Crippen LogP contribution in [-0.2, 0) is 16.0 Å². The molecule has 1 N–H and O–H groups in total. The molecular formula is C23H28N2O2S. The summed E-state index contributed by atoms with van der Waals surface area (Å²) in [5, 5.41) is 5.15. The van der Waals surface area contributed by atoms with E-state index < -0.39 is 5.41 Å². The van der Waals surface area contributed by atoms with E-state index in [9.17, 15) is 9.59 Å². The summed E-state index contributed by atoms with van der Waals surface area (Å²) in [6.45, 7) is 3.99. The predicted molar refractivity (Wildman–Crippen MR) is 113 cm³/mol. The topological polar surface area (TPSA) is 49.4 Å². The SMILES string of the molecule is CCNC(=O)C1(Cc2cccc(-c3cccs3)c2)CCN(C(=O)C2CC2)CC1. The summed E-state index contributed by atoms with van der Waals surface area (Å²) < 4.78 is 0. The molecule has 2 heterocycles. The molecule has 2 aromatic rings. The molecule has 148 valence electrons. The van der Waals surface area contributed by atoms with Gasteiger partial charge < -0.3 is 10.2 Å². The standard InChI is InChI=1S/C23H28N2O2S/c1-2-24-22(27)23(10-12-25(13-11-23)21(26)18-8-9-18)16-17-5-3-6-19(15-17)20-7-4-14-28-20/h3-7,14-15,18H,2,8-13,16H2,1H3,(H,24,27).